The van der Waals surface area contributed by atoms with Gasteiger partial charge in [0.1, 0.15) is 5.82 Å². The molecule has 12 heteroatoms. The molecule has 1 aliphatic heterocycles. The van der Waals surface area contributed by atoms with E-state index in [1.807, 2.05) is 4.90 Å². The molecule has 2 aromatic carbocycles. The molecule has 0 spiro atoms. The summed E-state index contributed by atoms with van der Waals surface area (Å²) in [5.41, 5.74) is 2.19. The van der Waals surface area contributed by atoms with Crippen LogP contribution in [0, 0.1) is 5.82 Å². The van der Waals surface area contributed by atoms with Crippen LogP contribution in [0.25, 0.3) is 0 Å². The SMILES string of the molecule is O=C(O)CC(NC(=O)c1ccc(N2CCN(C(=O)c3cccnc3)CC2)c(NC(=O)c2cccc(F)c2)c1)c1cccnc1. The maximum Gasteiger partial charge on any atom is 0.305 e. The Morgan fingerprint density at radius 2 is 1.52 bits per heavy atom. The highest BCUT2D eigenvalue weighted by Crippen LogP contribution is 2.30. The largest absolute Gasteiger partial charge is 0.481 e. The Morgan fingerprint density at radius 3 is 2.18 bits per heavy atom. The lowest BCUT2D eigenvalue weighted by Gasteiger charge is -2.37. The zero-order chi connectivity index (χ0) is 31.1. The van der Waals surface area contributed by atoms with Gasteiger partial charge in [-0.1, -0.05) is 12.1 Å². The maximum atomic E-state index is 13.9. The first kappa shape index (κ1) is 29.8. The monoisotopic (exact) mass is 596 g/mol. The summed E-state index contributed by atoms with van der Waals surface area (Å²) in [6.45, 7) is 1.72. The third-order valence-corrected chi connectivity index (χ3v) is 7.18. The third kappa shape index (κ3) is 7.21. The topological polar surface area (TPSA) is 145 Å². The fraction of sp³-hybridized carbons (Fsp3) is 0.188. The zero-order valence-electron chi connectivity index (χ0n) is 23.5. The molecular weight excluding hydrogens is 567 g/mol. The van der Waals surface area contributed by atoms with Gasteiger partial charge in [-0.3, -0.25) is 29.1 Å². The lowest BCUT2D eigenvalue weighted by molar-refractivity contribution is -0.137. The summed E-state index contributed by atoms with van der Waals surface area (Å²) in [5, 5.41) is 15.0. The molecule has 1 saturated heterocycles. The molecule has 1 aliphatic rings. The Hall–Kier alpha value is -5.65. The van der Waals surface area contributed by atoms with Crippen molar-refractivity contribution in [1.82, 2.24) is 20.2 Å². The number of pyridine rings is 2. The van der Waals surface area contributed by atoms with E-state index in [0.717, 1.165) is 6.07 Å². The second-order valence-electron chi connectivity index (χ2n) is 10.1. The summed E-state index contributed by atoms with van der Waals surface area (Å²) in [4.78, 5) is 62.7. The average molecular weight is 597 g/mol. The number of halogens is 1. The van der Waals surface area contributed by atoms with Crippen LogP contribution in [-0.4, -0.2) is 69.8 Å². The molecule has 5 rings (SSSR count). The minimum absolute atomic E-state index is 0.0933. The summed E-state index contributed by atoms with van der Waals surface area (Å²) in [5.74, 6) is -2.93. The maximum absolute atomic E-state index is 13.9. The van der Waals surface area contributed by atoms with Gasteiger partial charge in [0, 0.05) is 62.1 Å². The van der Waals surface area contributed by atoms with Gasteiger partial charge < -0.3 is 25.5 Å². The molecule has 3 amide bonds. The molecule has 0 aliphatic carbocycles. The van der Waals surface area contributed by atoms with Crippen molar-refractivity contribution in [2.24, 2.45) is 0 Å². The second kappa shape index (κ2) is 13.6. The number of aromatic nitrogens is 2. The van der Waals surface area contributed by atoms with Crippen molar-refractivity contribution in [1.29, 1.82) is 0 Å². The second-order valence-corrected chi connectivity index (χ2v) is 10.1. The van der Waals surface area contributed by atoms with Gasteiger partial charge in [-0.25, -0.2) is 4.39 Å². The van der Waals surface area contributed by atoms with Crippen LogP contribution in [0.3, 0.4) is 0 Å². The first-order valence-corrected chi connectivity index (χ1v) is 13.9. The average Bonchev–Trinajstić information content (AvgIpc) is 3.05. The van der Waals surface area contributed by atoms with Crippen LogP contribution in [0.15, 0.2) is 91.5 Å². The highest BCUT2D eigenvalue weighted by Gasteiger charge is 2.26. The normalized spacial score (nSPS) is 13.6. The molecule has 44 heavy (non-hydrogen) atoms. The van der Waals surface area contributed by atoms with Gasteiger partial charge in [-0.2, -0.15) is 0 Å². The highest BCUT2D eigenvalue weighted by atomic mass is 19.1. The molecule has 4 aromatic rings. The van der Waals surface area contributed by atoms with E-state index in [4.69, 9.17) is 0 Å². The van der Waals surface area contributed by atoms with Crippen LogP contribution >= 0.6 is 0 Å². The number of anilines is 2. The van der Waals surface area contributed by atoms with E-state index in [0.29, 0.717) is 48.7 Å². The Kier molecular flexibility index (Phi) is 9.19. The predicted molar refractivity (Wildman–Crippen MR) is 160 cm³/mol. The van der Waals surface area contributed by atoms with E-state index in [2.05, 4.69) is 20.6 Å². The number of nitrogens with one attached hydrogen (secondary N) is 2. The van der Waals surface area contributed by atoms with Crippen molar-refractivity contribution in [2.45, 2.75) is 12.5 Å². The Labute approximate surface area is 252 Å². The number of nitrogens with zero attached hydrogens (tertiary/aromatic N) is 4. The number of carboxylic acid groups (broad SMARTS) is 1. The molecule has 0 saturated carbocycles. The van der Waals surface area contributed by atoms with Crippen molar-refractivity contribution in [2.75, 3.05) is 36.4 Å². The summed E-state index contributed by atoms with van der Waals surface area (Å²) in [6.07, 6.45) is 5.79. The van der Waals surface area contributed by atoms with Crippen LogP contribution in [0.2, 0.25) is 0 Å². The van der Waals surface area contributed by atoms with Crippen molar-refractivity contribution in [3.8, 4) is 0 Å². The van der Waals surface area contributed by atoms with Gasteiger partial charge in [-0.05, 0) is 60.2 Å². The molecule has 1 atom stereocenters. The Bertz CT molecular complexity index is 1660. The highest BCUT2D eigenvalue weighted by molar-refractivity contribution is 6.07. The van der Waals surface area contributed by atoms with E-state index in [9.17, 15) is 28.7 Å². The van der Waals surface area contributed by atoms with E-state index in [1.165, 1.54) is 36.7 Å². The fourth-order valence-corrected chi connectivity index (χ4v) is 4.95. The number of piperazine rings is 1. The van der Waals surface area contributed by atoms with Crippen LogP contribution in [0.1, 0.15) is 49.1 Å². The Balaban J connectivity index is 1.39. The number of hydrogen-bond donors (Lipinski definition) is 3. The van der Waals surface area contributed by atoms with Crippen molar-refractivity contribution in [3.05, 3.63) is 120 Å². The van der Waals surface area contributed by atoms with Crippen LogP contribution in [0.5, 0.6) is 0 Å². The number of carbonyl (C=O) groups is 4. The molecule has 1 unspecified atom stereocenters. The van der Waals surface area contributed by atoms with E-state index < -0.39 is 29.6 Å². The third-order valence-electron chi connectivity index (χ3n) is 7.18. The van der Waals surface area contributed by atoms with Gasteiger partial charge in [0.15, 0.2) is 0 Å². The van der Waals surface area contributed by atoms with Gasteiger partial charge in [-0.15, -0.1) is 0 Å². The van der Waals surface area contributed by atoms with Gasteiger partial charge >= 0.3 is 5.97 Å². The predicted octanol–water partition coefficient (Wildman–Crippen LogP) is 3.78. The number of rotatable bonds is 9. The zero-order valence-corrected chi connectivity index (χ0v) is 23.5. The number of amides is 3. The molecule has 11 nitrogen and oxygen atoms in total. The van der Waals surface area contributed by atoms with Crippen molar-refractivity contribution >= 4 is 35.1 Å². The number of benzene rings is 2. The van der Waals surface area contributed by atoms with Crippen LogP contribution in [-0.2, 0) is 4.79 Å². The molecule has 224 valence electrons. The number of carboxylic acids is 1. The molecule has 3 N–H and O–H groups in total. The summed E-state index contributed by atoms with van der Waals surface area (Å²) in [6, 6.07) is 15.9. The minimum atomic E-state index is -1.10. The molecular formula is C32H29FN6O5. The summed E-state index contributed by atoms with van der Waals surface area (Å²) in [7, 11) is 0. The van der Waals surface area contributed by atoms with Gasteiger partial charge in [0.25, 0.3) is 17.7 Å². The number of aliphatic carboxylic acids is 1. The van der Waals surface area contributed by atoms with E-state index in [1.54, 1.807) is 53.7 Å². The first-order chi connectivity index (χ1) is 21.3. The molecule has 2 aromatic heterocycles. The summed E-state index contributed by atoms with van der Waals surface area (Å²) >= 11 is 0. The van der Waals surface area contributed by atoms with Gasteiger partial charge in [0.2, 0.25) is 0 Å². The molecule has 0 bridgehead atoms. The smallest absolute Gasteiger partial charge is 0.305 e. The fourth-order valence-electron chi connectivity index (χ4n) is 4.95. The first-order valence-electron chi connectivity index (χ1n) is 13.9. The molecule has 0 radical (unpaired) electrons. The standard InChI is InChI=1S/C32H29FN6O5/c33-25-7-1-4-21(16-25)30(42)37-27-17-22(31(43)36-26(18-29(40)41)23-5-2-10-34-19-23)8-9-28(27)38-12-14-39(15-13-38)32(44)24-6-3-11-35-20-24/h1-11,16-17,19-20,26H,12-15,18H2,(H,36,43)(H,37,42)(H,40,41). The Morgan fingerprint density at radius 1 is 0.818 bits per heavy atom. The molecule has 3 heterocycles. The van der Waals surface area contributed by atoms with Crippen molar-refractivity contribution in [3.63, 3.8) is 0 Å². The lowest BCUT2D eigenvalue weighted by Crippen LogP contribution is -2.49. The molecule has 1 fully saturated rings. The van der Waals surface area contributed by atoms with Gasteiger partial charge in [0.05, 0.1) is 29.4 Å². The minimum Gasteiger partial charge on any atom is -0.481 e. The van der Waals surface area contributed by atoms with E-state index >= 15 is 0 Å². The van der Waals surface area contributed by atoms with Crippen LogP contribution in [0.4, 0.5) is 15.8 Å². The lowest BCUT2D eigenvalue weighted by atomic mass is 10.0. The number of hydrogen-bond acceptors (Lipinski definition) is 7. The van der Waals surface area contributed by atoms with Crippen molar-refractivity contribution < 1.29 is 28.7 Å². The summed E-state index contributed by atoms with van der Waals surface area (Å²) < 4.78 is 13.9. The van der Waals surface area contributed by atoms with Crippen LogP contribution < -0.4 is 15.5 Å². The number of carbonyl (C=O) groups excluding carboxylic acids is 3. The van der Waals surface area contributed by atoms with E-state index in [-0.39, 0.29) is 23.5 Å². The quantitative estimate of drug-likeness (QED) is 0.265.